The Morgan fingerprint density at radius 1 is 0.882 bits per heavy atom. The Morgan fingerprint density at radius 2 is 1.47 bits per heavy atom. The molecule has 0 aliphatic carbocycles. The SMILES string of the molecule is CC(C)C(NC(=O)C(CO)NC(=O)C(N)Cc1ccccc1)C(=O)NC(CCC(=O)O)C(=O)O. The average Bonchev–Trinajstić information content (AvgIpc) is 2.77. The summed E-state index contributed by atoms with van der Waals surface area (Å²) in [4.78, 5) is 59.7. The third-order valence-electron chi connectivity index (χ3n) is 4.96. The van der Waals surface area contributed by atoms with Gasteiger partial charge < -0.3 is 37.0 Å². The molecule has 188 valence electrons. The van der Waals surface area contributed by atoms with E-state index in [4.69, 9.17) is 10.8 Å². The minimum absolute atomic E-state index is 0.205. The van der Waals surface area contributed by atoms with E-state index in [1.807, 2.05) is 6.07 Å². The molecule has 1 aromatic carbocycles. The maximum Gasteiger partial charge on any atom is 0.326 e. The molecule has 0 heterocycles. The van der Waals surface area contributed by atoms with Gasteiger partial charge in [0.25, 0.3) is 0 Å². The smallest absolute Gasteiger partial charge is 0.326 e. The van der Waals surface area contributed by atoms with E-state index in [0.717, 1.165) is 5.56 Å². The number of hydrogen-bond donors (Lipinski definition) is 7. The Hall–Kier alpha value is -3.51. The molecular weight excluding hydrogens is 448 g/mol. The van der Waals surface area contributed by atoms with Crippen molar-refractivity contribution in [1.82, 2.24) is 16.0 Å². The molecule has 8 N–H and O–H groups in total. The molecule has 0 spiro atoms. The molecular formula is C22H32N4O8. The maximum absolute atomic E-state index is 12.6. The number of carbonyl (C=O) groups is 5. The van der Waals surface area contributed by atoms with Gasteiger partial charge in [-0.3, -0.25) is 19.2 Å². The van der Waals surface area contributed by atoms with Crippen molar-refractivity contribution in [1.29, 1.82) is 0 Å². The van der Waals surface area contributed by atoms with Crippen LogP contribution in [0, 0.1) is 5.92 Å². The Balaban J connectivity index is 2.79. The zero-order chi connectivity index (χ0) is 25.8. The summed E-state index contributed by atoms with van der Waals surface area (Å²) in [5.74, 6) is -5.52. The summed E-state index contributed by atoms with van der Waals surface area (Å²) < 4.78 is 0. The second-order valence-electron chi connectivity index (χ2n) is 8.10. The summed E-state index contributed by atoms with van der Waals surface area (Å²) in [5, 5.41) is 34.5. The van der Waals surface area contributed by atoms with Gasteiger partial charge in [-0.15, -0.1) is 0 Å². The lowest BCUT2D eigenvalue weighted by atomic mass is 10.0. The number of nitrogens with two attached hydrogens (primary N) is 1. The number of aliphatic hydroxyl groups excluding tert-OH is 1. The fraction of sp³-hybridized carbons (Fsp3) is 0.500. The number of aliphatic carboxylic acids is 2. The van der Waals surface area contributed by atoms with Crippen molar-refractivity contribution in [3.63, 3.8) is 0 Å². The Morgan fingerprint density at radius 3 is 1.97 bits per heavy atom. The third-order valence-corrected chi connectivity index (χ3v) is 4.96. The Labute approximate surface area is 196 Å². The number of carboxylic acid groups (broad SMARTS) is 2. The number of carboxylic acids is 2. The van der Waals surface area contributed by atoms with E-state index in [9.17, 15) is 34.2 Å². The second-order valence-corrected chi connectivity index (χ2v) is 8.10. The summed E-state index contributed by atoms with van der Waals surface area (Å²) in [6, 6.07) is 3.91. The van der Waals surface area contributed by atoms with Crippen molar-refractivity contribution in [3.05, 3.63) is 35.9 Å². The maximum atomic E-state index is 12.6. The number of benzene rings is 1. The normalized spacial score (nSPS) is 14.4. The van der Waals surface area contributed by atoms with Crippen LogP contribution in [0.25, 0.3) is 0 Å². The molecule has 34 heavy (non-hydrogen) atoms. The first-order valence-electron chi connectivity index (χ1n) is 10.7. The van der Waals surface area contributed by atoms with Crippen molar-refractivity contribution < 1.29 is 39.3 Å². The lowest BCUT2D eigenvalue weighted by molar-refractivity contribution is -0.143. The number of amides is 3. The van der Waals surface area contributed by atoms with Crippen molar-refractivity contribution in [3.8, 4) is 0 Å². The second kappa shape index (κ2) is 13.9. The van der Waals surface area contributed by atoms with Crippen LogP contribution in [0.4, 0.5) is 0 Å². The van der Waals surface area contributed by atoms with Gasteiger partial charge in [0.2, 0.25) is 17.7 Å². The molecule has 0 aliphatic rings. The molecule has 1 rings (SSSR count). The molecule has 0 saturated carbocycles. The Kier molecular flexibility index (Phi) is 11.7. The highest BCUT2D eigenvalue weighted by Gasteiger charge is 2.31. The summed E-state index contributed by atoms with van der Waals surface area (Å²) in [7, 11) is 0. The van der Waals surface area contributed by atoms with E-state index >= 15 is 0 Å². The van der Waals surface area contributed by atoms with Crippen molar-refractivity contribution in [2.24, 2.45) is 11.7 Å². The zero-order valence-corrected chi connectivity index (χ0v) is 19.1. The third kappa shape index (κ3) is 9.55. The average molecular weight is 481 g/mol. The predicted molar refractivity (Wildman–Crippen MR) is 120 cm³/mol. The van der Waals surface area contributed by atoms with Gasteiger partial charge >= 0.3 is 11.9 Å². The van der Waals surface area contributed by atoms with Crippen molar-refractivity contribution in [2.45, 2.75) is 57.3 Å². The predicted octanol–water partition coefficient (Wildman–Crippen LogP) is -1.39. The van der Waals surface area contributed by atoms with E-state index in [2.05, 4.69) is 16.0 Å². The van der Waals surface area contributed by atoms with Crippen LogP contribution in [0.3, 0.4) is 0 Å². The number of rotatable bonds is 14. The molecule has 4 atom stereocenters. The number of nitrogens with one attached hydrogen (secondary N) is 3. The van der Waals surface area contributed by atoms with Gasteiger partial charge in [-0.1, -0.05) is 44.2 Å². The molecule has 1 aromatic rings. The van der Waals surface area contributed by atoms with Gasteiger partial charge in [0, 0.05) is 6.42 Å². The number of carbonyl (C=O) groups excluding carboxylic acids is 3. The van der Waals surface area contributed by atoms with Crippen LogP contribution in [0.2, 0.25) is 0 Å². The quantitative estimate of drug-likeness (QED) is 0.167. The van der Waals surface area contributed by atoms with E-state index in [1.165, 1.54) is 0 Å². The molecule has 0 aliphatic heterocycles. The highest BCUT2D eigenvalue weighted by Crippen LogP contribution is 2.06. The highest BCUT2D eigenvalue weighted by molar-refractivity contribution is 5.94. The summed E-state index contributed by atoms with van der Waals surface area (Å²) in [6.45, 7) is 2.43. The van der Waals surface area contributed by atoms with Crippen molar-refractivity contribution >= 4 is 29.7 Å². The lowest BCUT2D eigenvalue weighted by Crippen LogP contribution is -2.59. The van der Waals surface area contributed by atoms with Gasteiger partial charge in [-0.05, 0) is 24.3 Å². The van der Waals surface area contributed by atoms with E-state index in [-0.39, 0.29) is 12.8 Å². The van der Waals surface area contributed by atoms with Crippen LogP contribution in [-0.4, -0.2) is 75.8 Å². The summed E-state index contributed by atoms with van der Waals surface area (Å²) in [5.41, 5.74) is 6.70. The molecule has 4 unspecified atom stereocenters. The van der Waals surface area contributed by atoms with Gasteiger partial charge in [-0.25, -0.2) is 4.79 Å². The first-order chi connectivity index (χ1) is 16.0. The summed E-state index contributed by atoms with van der Waals surface area (Å²) in [6.07, 6.45) is -0.613. The standard InChI is InChI=1S/C22H32N4O8/c1-12(2)18(21(32)24-15(22(33)34)8-9-17(28)29)26-20(31)16(11-27)25-19(30)14(23)10-13-6-4-3-5-7-13/h3-7,12,14-16,18,27H,8-11,23H2,1-2H3,(H,24,32)(H,25,30)(H,26,31)(H,28,29)(H,33,34). The van der Waals surface area contributed by atoms with Crippen LogP contribution in [0.5, 0.6) is 0 Å². The minimum Gasteiger partial charge on any atom is -0.481 e. The van der Waals surface area contributed by atoms with Crippen LogP contribution in [-0.2, 0) is 30.4 Å². The molecule has 12 nitrogen and oxygen atoms in total. The van der Waals surface area contributed by atoms with Gasteiger partial charge in [-0.2, -0.15) is 0 Å². The molecule has 0 radical (unpaired) electrons. The molecule has 0 saturated heterocycles. The molecule has 0 bridgehead atoms. The number of hydrogen-bond acceptors (Lipinski definition) is 7. The van der Waals surface area contributed by atoms with E-state index in [1.54, 1.807) is 38.1 Å². The van der Waals surface area contributed by atoms with Gasteiger partial charge in [0.1, 0.15) is 18.1 Å². The number of aliphatic hydroxyl groups is 1. The molecule has 3 amide bonds. The molecule has 0 fully saturated rings. The van der Waals surface area contributed by atoms with Crippen LogP contribution < -0.4 is 21.7 Å². The lowest BCUT2D eigenvalue weighted by Gasteiger charge is -2.26. The minimum atomic E-state index is -1.47. The van der Waals surface area contributed by atoms with Gasteiger partial charge in [0.15, 0.2) is 0 Å². The summed E-state index contributed by atoms with van der Waals surface area (Å²) >= 11 is 0. The first kappa shape index (κ1) is 28.5. The van der Waals surface area contributed by atoms with Gasteiger partial charge in [0.05, 0.1) is 12.6 Å². The van der Waals surface area contributed by atoms with Crippen LogP contribution >= 0.6 is 0 Å². The molecule has 0 aromatic heterocycles. The van der Waals surface area contributed by atoms with E-state index < -0.39 is 72.8 Å². The topological polar surface area (TPSA) is 208 Å². The van der Waals surface area contributed by atoms with E-state index in [0.29, 0.717) is 0 Å². The monoisotopic (exact) mass is 480 g/mol. The largest absolute Gasteiger partial charge is 0.481 e. The van der Waals surface area contributed by atoms with Crippen LogP contribution in [0.1, 0.15) is 32.3 Å². The fourth-order valence-electron chi connectivity index (χ4n) is 3.01. The zero-order valence-electron chi connectivity index (χ0n) is 19.1. The molecule has 12 heteroatoms. The van der Waals surface area contributed by atoms with Crippen LogP contribution in [0.15, 0.2) is 30.3 Å². The highest BCUT2D eigenvalue weighted by atomic mass is 16.4. The first-order valence-corrected chi connectivity index (χ1v) is 10.7. The Bertz CT molecular complexity index is 862. The van der Waals surface area contributed by atoms with Crippen molar-refractivity contribution in [2.75, 3.05) is 6.61 Å². The fourth-order valence-corrected chi connectivity index (χ4v) is 3.01.